The van der Waals surface area contributed by atoms with Crippen molar-refractivity contribution in [2.75, 3.05) is 19.1 Å². The van der Waals surface area contributed by atoms with Crippen molar-refractivity contribution in [3.8, 4) is 0 Å². The summed E-state index contributed by atoms with van der Waals surface area (Å²) in [6.07, 6.45) is 1.08. The fourth-order valence-corrected chi connectivity index (χ4v) is 2.41. The van der Waals surface area contributed by atoms with Gasteiger partial charge in [-0.05, 0) is 11.6 Å². The zero-order chi connectivity index (χ0) is 13.2. The number of nitrogen functional groups attached to an aromatic ring is 1. The molecule has 1 aromatic rings. The van der Waals surface area contributed by atoms with Crippen LogP contribution in [0.4, 0.5) is 5.69 Å². The molecule has 1 rings (SSSR count). The summed E-state index contributed by atoms with van der Waals surface area (Å²) in [4.78, 5) is 11.4. The predicted molar refractivity (Wildman–Crippen MR) is 65.8 cm³/mol. The lowest BCUT2D eigenvalue weighted by Crippen LogP contribution is -2.11. The maximum atomic E-state index is 11.4. The van der Waals surface area contributed by atoms with E-state index in [0.29, 0.717) is 5.56 Å². The number of esters is 1. The fraction of sp³-hybridized carbons (Fsp3) is 0.300. The Balaban J connectivity index is 3.33. The molecule has 17 heavy (non-hydrogen) atoms. The van der Waals surface area contributed by atoms with E-state index >= 15 is 0 Å². The second kappa shape index (κ2) is 4.93. The van der Waals surface area contributed by atoms with Crippen LogP contribution in [0.3, 0.4) is 0 Å². The molecule has 0 aromatic heterocycles. The lowest BCUT2D eigenvalue weighted by atomic mass is 10.1. The van der Waals surface area contributed by atoms with E-state index in [4.69, 9.17) is 17.3 Å². The molecule has 7 heteroatoms. The van der Waals surface area contributed by atoms with Crippen molar-refractivity contribution in [3.05, 3.63) is 28.3 Å². The minimum atomic E-state index is -3.24. The number of ether oxygens (including phenoxy) is 1. The van der Waals surface area contributed by atoms with Gasteiger partial charge in [0.15, 0.2) is 9.84 Å². The van der Waals surface area contributed by atoms with E-state index in [2.05, 4.69) is 4.74 Å². The molecule has 0 aliphatic heterocycles. The zero-order valence-electron chi connectivity index (χ0n) is 9.36. The van der Waals surface area contributed by atoms with E-state index in [9.17, 15) is 13.2 Å². The summed E-state index contributed by atoms with van der Waals surface area (Å²) in [5.74, 6) is -0.942. The number of rotatable bonds is 3. The van der Waals surface area contributed by atoms with Gasteiger partial charge in [-0.3, -0.25) is 0 Å². The summed E-state index contributed by atoms with van der Waals surface area (Å²) < 4.78 is 26.9. The summed E-state index contributed by atoms with van der Waals surface area (Å²) in [6.45, 7) is 0. The maximum Gasteiger partial charge on any atom is 0.341 e. The van der Waals surface area contributed by atoms with E-state index in [1.807, 2.05) is 0 Å². The van der Waals surface area contributed by atoms with Crippen LogP contribution in [-0.4, -0.2) is 27.8 Å². The third-order valence-electron chi connectivity index (χ3n) is 2.09. The number of anilines is 1. The van der Waals surface area contributed by atoms with E-state index in [0.717, 1.165) is 6.26 Å². The summed E-state index contributed by atoms with van der Waals surface area (Å²) in [5.41, 5.74) is 6.08. The van der Waals surface area contributed by atoms with E-state index in [-0.39, 0.29) is 22.0 Å². The lowest BCUT2D eigenvalue weighted by Gasteiger charge is -2.10. The Kier molecular flexibility index (Phi) is 4.00. The Morgan fingerprint density at radius 1 is 1.47 bits per heavy atom. The highest BCUT2D eigenvalue weighted by molar-refractivity contribution is 7.89. The quantitative estimate of drug-likeness (QED) is 0.664. The first-order chi connectivity index (χ1) is 7.76. The third kappa shape index (κ3) is 3.34. The first-order valence-electron chi connectivity index (χ1n) is 4.59. The first kappa shape index (κ1) is 13.8. The second-order valence-electron chi connectivity index (χ2n) is 3.56. The van der Waals surface area contributed by atoms with Crippen LogP contribution in [0.5, 0.6) is 0 Å². The van der Waals surface area contributed by atoms with Crippen LogP contribution in [0, 0.1) is 0 Å². The molecular weight excluding hydrogens is 266 g/mol. The largest absolute Gasteiger partial charge is 0.465 e. The molecule has 0 fully saturated rings. The van der Waals surface area contributed by atoms with E-state index < -0.39 is 15.8 Å². The van der Waals surface area contributed by atoms with Crippen molar-refractivity contribution in [2.24, 2.45) is 0 Å². The summed E-state index contributed by atoms with van der Waals surface area (Å²) in [6, 6.07) is 2.90. The van der Waals surface area contributed by atoms with Crippen molar-refractivity contribution < 1.29 is 17.9 Å². The second-order valence-corrected chi connectivity index (χ2v) is 6.10. The van der Waals surface area contributed by atoms with Crippen LogP contribution in [-0.2, 0) is 20.3 Å². The van der Waals surface area contributed by atoms with Gasteiger partial charge in [0.2, 0.25) is 0 Å². The minimum absolute atomic E-state index is 0.00434. The Morgan fingerprint density at radius 3 is 2.53 bits per heavy atom. The number of nitrogens with two attached hydrogens (primary N) is 1. The van der Waals surface area contributed by atoms with Crippen LogP contribution in [0.15, 0.2) is 12.1 Å². The van der Waals surface area contributed by atoms with Crippen molar-refractivity contribution in [2.45, 2.75) is 5.75 Å². The number of carbonyl (C=O) groups is 1. The Morgan fingerprint density at radius 2 is 2.06 bits per heavy atom. The molecular formula is C10H12ClNO4S. The van der Waals surface area contributed by atoms with Gasteiger partial charge in [0, 0.05) is 6.26 Å². The predicted octanol–water partition coefficient (Wildman–Crippen LogP) is 1.25. The van der Waals surface area contributed by atoms with Gasteiger partial charge in [-0.1, -0.05) is 17.7 Å². The van der Waals surface area contributed by atoms with Gasteiger partial charge in [0.05, 0.1) is 23.6 Å². The van der Waals surface area contributed by atoms with Crippen LogP contribution in [0.25, 0.3) is 0 Å². The molecule has 0 aliphatic rings. The summed E-state index contributed by atoms with van der Waals surface area (Å²) in [7, 11) is -2.04. The molecule has 94 valence electrons. The van der Waals surface area contributed by atoms with Crippen molar-refractivity contribution >= 4 is 33.1 Å². The summed E-state index contributed by atoms with van der Waals surface area (Å²) in [5, 5.41) is 0.131. The van der Waals surface area contributed by atoms with Crippen LogP contribution >= 0.6 is 11.6 Å². The first-order valence-corrected chi connectivity index (χ1v) is 7.03. The Bertz CT molecular complexity index is 554. The number of hydrogen-bond acceptors (Lipinski definition) is 5. The van der Waals surface area contributed by atoms with Gasteiger partial charge in [-0.15, -0.1) is 0 Å². The molecule has 5 nitrogen and oxygen atoms in total. The van der Waals surface area contributed by atoms with Crippen molar-refractivity contribution in [1.82, 2.24) is 0 Å². The standard InChI is InChI=1S/C10H12ClNO4S/c1-16-10(13)8-7(11)4-3-6(9(8)12)5-17(2,14)15/h3-4H,5,12H2,1-2H3. The molecule has 0 bridgehead atoms. The molecule has 2 N–H and O–H groups in total. The van der Waals surface area contributed by atoms with Crippen LogP contribution < -0.4 is 5.73 Å². The lowest BCUT2D eigenvalue weighted by molar-refractivity contribution is 0.0602. The highest BCUT2D eigenvalue weighted by atomic mass is 35.5. The molecule has 0 atom stereocenters. The normalized spacial score (nSPS) is 11.2. The van der Waals surface area contributed by atoms with Gasteiger partial charge >= 0.3 is 5.97 Å². The zero-order valence-corrected chi connectivity index (χ0v) is 10.9. The molecule has 0 unspecified atom stereocenters. The molecule has 0 amide bonds. The highest BCUT2D eigenvalue weighted by Gasteiger charge is 2.19. The molecule has 0 heterocycles. The fourth-order valence-electron chi connectivity index (χ4n) is 1.35. The molecule has 0 radical (unpaired) electrons. The highest BCUT2D eigenvalue weighted by Crippen LogP contribution is 2.27. The van der Waals surface area contributed by atoms with Crippen molar-refractivity contribution in [3.63, 3.8) is 0 Å². The van der Waals surface area contributed by atoms with Gasteiger partial charge in [0.25, 0.3) is 0 Å². The van der Waals surface area contributed by atoms with Crippen molar-refractivity contribution in [1.29, 1.82) is 0 Å². The number of benzene rings is 1. The molecule has 0 aliphatic carbocycles. The number of halogens is 1. The molecule has 1 aromatic carbocycles. The number of methoxy groups -OCH3 is 1. The van der Waals surface area contributed by atoms with Gasteiger partial charge in [-0.25, -0.2) is 13.2 Å². The van der Waals surface area contributed by atoms with E-state index in [1.54, 1.807) is 0 Å². The average molecular weight is 278 g/mol. The van der Waals surface area contributed by atoms with Gasteiger partial charge in [0.1, 0.15) is 5.56 Å². The molecule has 0 saturated heterocycles. The van der Waals surface area contributed by atoms with Gasteiger partial charge in [-0.2, -0.15) is 0 Å². The summed E-state index contributed by atoms with van der Waals surface area (Å²) >= 11 is 5.82. The number of sulfone groups is 1. The SMILES string of the molecule is COC(=O)c1c(Cl)ccc(CS(C)(=O)=O)c1N. The molecule has 0 spiro atoms. The van der Waals surface area contributed by atoms with Crippen LogP contribution in [0.2, 0.25) is 5.02 Å². The smallest absolute Gasteiger partial charge is 0.341 e. The van der Waals surface area contributed by atoms with E-state index in [1.165, 1.54) is 19.2 Å². The van der Waals surface area contributed by atoms with Crippen LogP contribution in [0.1, 0.15) is 15.9 Å². The third-order valence-corrected chi connectivity index (χ3v) is 3.24. The average Bonchev–Trinajstić information content (AvgIpc) is 2.20. The monoisotopic (exact) mass is 277 g/mol. The Hall–Kier alpha value is -1.27. The molecule has 0 saturated carbocycles. The number of hydrogen-bond donors (Lipinski definition) is 1. The maximum absolute atomic E-state index is 11.4. The van der Waals surface area contributed by atoms with Gasteiger partial charge < -0.3 is 10.5 Å². The number of carbonyl (C=O) groups excluding carboxylic acids is 1. The minimum Gasteiger partial charge on any atom is -0.465 e. The topological polar surface area (TPSA) is 86.5 Å². The Labute approximate surface area is 104 Å².